The van der Waals surface area contributed by atoms with Gasteiger partial charge < -0.3 is 9.42 Å². The van der Waals surface area contributed by atoms with Crippen molar-refractivity contribution in [3.63, 3.8) is 0 Å². The summed E-state index contributed by atoms with van der Waals surface area (Å²) in [6, 6.07) is 5.57. The molecule has 0 amide bonds. The normalized spacial score (nSPS) is 12.3. The van der Waals surface area contributed by atoms with Gasteiger partial charge in [0.25, 0.3) is 0 Å². The fourth-order valence-electron chi connectivity index (χ4n) is 1.59. The van der Waals surface area contributed by atoms with Crippen molar-refractivity contribution in [2.75, 3.05) is 13.6 Å². The first-order chi connectivity index (χ1) is 8.94. The predicted octanol–water partition coefficient (Wildman–Crippen LogP) is 3.79. The van der Waals surface area contributed by atoms with Crippen LogP contribution in [0.3, 0.4) is 0 Å². The molecule has 0 aliphatic heterocycles. The van der Waals surface area contributed by atoms with Crippen molar-refractivity contribution in [2.24, 2.45) is 0 Å². The molecule has 0 aromatic carbocycles. The molecule has 0 radical (unpaired) electrons. The maximum Gasteiger partial charge on any atom is 0.390 e. The second-order valence-corrected chi connectivity index (χ2v) is 5.21. The second kappa shape index (κ2) is 5.75. The van der Waals surface area contributed by atoms with Crippen LogP contribution in [-0.2, 0) is 6.54 Å². The quantitative estimate of drug-likeness (QED) is 0.839. The lowest BCUT2D eigenvalue weighted by atomic mass is 10.3. The van der Waals surface area contributed by atoms with Crippen LogP contribution in [0.5, 0.6) is 0 Å². The summed E-state index contributed by atoms with van der Waals surface area (Å²) in [5.74, 6) is 0.647. The minimum Gasteiger partial charge on any atom is -0.355 e. The lowest BCUT2D eigenvalue weighted by Gasteiger charge is -2.15. The van der Waals surface area contributed by atoms with Gasteiger partial charge in [0.05, 0.1) is 17.0 Å². The molecule has 2 heterocycles. The van der Waals surface area contributed by atoms with Gasteiger partial charge in [-0.05, 0) is 18.5 Å². The number of rotatable bonds is 5. The van der Waals surface area contributed by atoms with Gasteiger partial charge in [0.2, 0.25) is 0 Å². The Morgan fingerprint density at radius 1 is 1.42 bits per heavy atom. The number of hydrogen-bond acceptors (Lipinski definition) is 4. The van der Waals surface area contributed by atoms with E-state index in [-0.39, 0.29) is 6.54 Å². The van der Waals surface area contributed by atoms with Gasteiger partial charge >= 0.3 is 6.18 Å². The number of nitrogens with zero attached hydrogens (tertiary/aromatic N) is 2. The van der Waals surface area contributed by atoms with Gasteiger partial charge in [0.1, 0.15) is 0 Å². The van der Waals surface area contributed by atoms with E-state index in [1.807, 2.05) is 17.5 Å². The van der Waals surface area contributed by atoms with Crippen LogP contribution >= 0.6 is 11.3 Å². The third kappa shape index (κ3) is 4.36. The Balaban J connectivity index is 1.89. The van der Waals surface area contributed by atoms with E-state index in [0.29, 0.717) is 18.0 Å². The standard InChI is InChI=1S/C12H13F3N2OS/c1-17(5-4-12(13,14)15)8-9-7-10(18-16-9)11-3-2-6-19-11/h2-3,6-7H,4-5,8H2,1H3. The van der Waals surface area contributed by atoms with E-state index in [9.17, 15) is 13.2 Å². The zero-order chi connectivity index (χ0) is 13.9. The summed E-state index contributed by atoms with van der Waals surface area (Å²) in [4.78, 5) is 2.53. The zero-order valence-electron chi connectivity index (χ0n) is 10.3. The Kier molecular flexibility index (Phi) is 4.26. The highest BCUT2D eigenvalue weighted by Gasteiger charge is 2.27. The molecular weight excluding hydrogens is 277 g/mol. The molecule has 0 fully saturated rings. The molecule has 0 N–H and O–H groups in total. The number of thiophene rings is 1. The smallest absolute Gasteiger partial charge is 0.355 e. The lowest BCUT2D eigenvalue weighted by Crippen LogP contribution is -2.24. The Bertz CT molecular complexity index is 507. The first-order valence-corrected chi connectivity index (χ1v) is 6.57. The summed E-state index contributed by atoms with van der Waals surface area (Å²) in [6.45, 7) is 0.287. The fourth-order valence-corrected chi connectivity index (χ4v) is 2.27. The highest BCUT2D eigenvalue weighted by atomic mass is 32.1. The molecule has 0 saturated heterocycles. The molecule has 3 nitrogen and oxygen atoms in total. The molecular formula is C12H13F3N2OS. The summed E-state index contributed by atoms with van der Waals surface area (Å²) < 4.78 is 41.4. The lowest BCUT2D eigenvalue weighted by molar-refractivity contribution is -0.137. The molecule has 2 rings (SSSR count). The van der Waals surface area contributed by atoms with E-state index in [1.165, 1.54) is 11.3 Å². The summed E-state index contributed by atoms with van der Waals surface area (Å²) in [7, 11) is 1.63. The van der Waals surface area contributed by atoms with E-state index in [4.69, 9.17) is 4.52 Å². The minimum absolute atomic E-state index is 0.0509. The molecule has 0 aliphatic rings. The van der Waals surface area contributed by atoms with E-state index >= 15 is 0 Å². The van der Waals surface area contributed by atoms with Gasteiger partial charge in [-0.25, -0.2) is 0 Å². The number of hydrogen-bond donors (Lipinski definition) is 0. The Morgan fingerprint density at radius 3 is 2.84 bits per heavy atom. The summed E-state index contributed by atoms with van der Waals surface area (Å²) in [6.07, 6.45) is -4.95. The molecule has 2 aromatic heterocycles. The summed E-state index contributed by atoms with van der Waals surface area (Å²) in [5, 5.41) is 5.79. The van der Waals surface area contributed by atoms with Crippen LogP contribution in [0, 0.1) is 0 Å². The van der Waals surface area contributed by atoms with Crippen LogP contribution in [0.25, 0.3) is 10.6 Å². The van der Waals surface area contributed by atoms with Crippen LogP contribution in [-0.4, -0.2) is 29.8 Å². The SMILES string of the molecule is CN(CCC(F)(F)F)Cc1cc(-c2cccs2)on1. The van der Waals surface area contributed by atoms with Crippen molar-refractivity contribution >= 4 is 11.3 Å². The molecule has 0 spiro atoms. The van der Waals surface area contributed by atoms with Gasteiger partial charge in [-0.1, -0.05) is 11.2 Å². The van der Waals surface area contributed by atoms with E-state index in [0.717, 1.165) is 4.88 Å². The van der Waals surface area contributed by atoms with Crippen molar-refractivity contribution in [2.45, 2.75) is 19.1 Å². The molecule has 0 unspecified atom stereocenters. The Morgan fingerprint density at radius 2 is 2.21 bits per heavy atom. The topological polar surface area (TPSA) is 29.3 Å². The van der Waals surface area contributed by atoms with Crippen LogP contribution < -0.4 is 0 Å². The summed E-state index contributed by atoms with van der Waals surface area (Å²) in [5.41, 5.74) is 0.632. The van der Waals surface area contributed by atoms with Crippen molar-refractivity contribution in [3.8, 4) is 10.6 Å². The predicted molar refractivity (Wildman–Crippen MR) is 66.8 cm³/mol. The third-order valence-corrected chi connectivity index (χ3v) is 3.42. The first kappa shape index (κ1) is 14.1. The van der Waals surface area contributed by atoms with E-state index < -0.39 is 12.6 Å². The van der Waals surface area contributed by atoms with Crippen LogP contribution in [0.15, 0.2) is 28.1 Å². The zero-order valence-corrected chi connectivity index (χ0v) is 11.1. The van der Waals surface area contributed by atoms with Gasteiger partial charge in [-0.2, -0.15) is 13.2 Å². The van der Waals surface area contributed by atoms with Crippen molar-refractivity contribution in [1.29, 1.82) is 0 Å². The number of alkyl halides is 3. The molecule has 0 saturated carbocycles. The highest BCUT2D eigenvalue weighted by molar-refractivity contribution is 7.13. The maximum atomic E-state index is 12.1. The van der Waals surface area contributed by atoms with E-state index in [1.54, 1.807) is 18.0 Å². The summed E-state index contributed by atoms with van der Waals surface area (Å²) >= 11 is 1.53. The van der Waals surface area contributed by atoms with Gasteiger partial charge in [-0.3, -0.25) is 0 Å². The molecule has 2 aromatic rings. The van der Waals surface area contributed by atoms with Crippen LogP contribution in [0.4, 0.5) is 13.2 Å². The van der Waals surface area contributed by atoms with E-state index in [2.05, 4.69) is 5.16 Å². The minimum atomic E-state index is -4.12. The molecule has 0 atom stereocenters. The van der Waals surface area contributed by atoms with Gasteiger partial charge in [0.15, 0.2) is 5.76 Å². The largest absolute Gasteiger partial charge is 0.390 e. The molecule has 0 aliphatic carbocycles. The van der Waals surface area contributed by atoms with Crippen LogP contribution in [0.1, 0.15) is 12.1 Å². The fraction of sp³-hybridized carbons (Fsp3) is 0.417. The van der Waals surface area contributed by atoms with Crippen molar-refractivity contribution < 1.29 is 17.7 Å². The monoisotopic (exact) mass is 290 g/mol. The Hall–Kier alpha value is -1.34. The van der Waals surface area contributed by atoms with Crippen molar-refractivity contribution in [1.82, 2.24) is 10.1 Å². The molecule has 104 valence electrons. The number of aromatic nitrogens is 1. The number of halogens is 3. The maximum absolute atomic E-state index is 12.1. The average Bonchev–Trinajstić information content (AvgIpc) is 2.94. The van der Waals surface area contributed by atoms with Gasteiger partial charge in [0, 0.05) is 19.2 Å². The second-order valence-electron chi connectivity index (χ2n) is 4.26. The third-order valence-electron chi connectivity index (χ3n) is 2.53. The first-order valence-electron chi connectivity index (χ1n) is 5.69. The van der Waals surface area contributed by atoms with Crippen LogP contribution in [0.2, 0.25) is 0 Å². The van der Waals surface area contributed by atoms with Crippen molar-refractivity contribution in [3.05, 3.63) is 29.3 Å². The molecule has 19 heavy (non-hydrogen) atoms. The Labute approximate surface area is 112 Å². The molecule has 7 heteroatoms. The highest BCUT2D eigenvalue weighted by Crippen LogP contribution is 2.25. The average molecular weight is 290 g/mol. The molecule has 0 bridgehead atoms. The van der Waals surface area contributed by atoms with Gasteiger partial charge in [-0.15, -0.1) is 11.3 Å².